The van der Waals surface area contributed by atoms with Crippen LogP contribution in [0.15, 0.2) is 18.2 Å². The van der Waals surface area contributed by atoms with Crippen LogP contribution in [0.1, 0.15) is 44.2 Å². The van der Waals surface area contributed by atoms with E-state index in [9.17, 15) is 0 Å². The summed E-state index contributed by atoms with van der Waals surface area (Å²) in [6.07, 6.45) is 3.87. The lowest BCUT2D eigenvalue weighted by atomic mass is 9.78. The van der Waals surface area contributed by atoms with Crippen molar-refractivity contribution >= 4 is 23.0 Å². The molecule has 1 aromatic carbocycles. The molecule has 0 bridgehead atoms. The molecule has 20 heavy (non-hydrogen) atoms. The molecule has 1 aliphatic carbocycles. The summed E-state index contributed by atoms with van der Waals surface area (Å²) < 4.78 is 0. The number of aryl methyl sites for hydroxylation is 2. The summed E-state index contributed by atoms with van der Waals surface area (Å²) in [6.45, 7) is 8.89. The number of nitrogens with one attached hydrogen (secondary N) is 2. The summed E-state index contributed by atoms with van der Waals surface area (Å²) in [7, 11) is 0. The van der Waals surface area contributed by atoms with Crippen LogP contribution in [0.4, 0.5) is 5.69 Å². The van der Waals surface area contributed by atoms with Gasteiger partial charge in [-0.3, -0.25) is 0 Å². The van der Waals surface area contributed by atoms with Crippen LogP contribution in [0.5, 0.6) is 0 Å². The average Bonchev–Trinajstić information content (AvgIpc) is 2.39. The van der Waals surface area contributed by atoms with Gasteiger partial charge in [0.25, 0.3) is 0 Å². The Hall–Kier alpha value is -1.09. The Morgan fingerprint density at radius 1 is 1.20 bits per heavy atom. The van der Waals surface area contributed by atoms with E-state index in [2.05, 4.69) is 56.5 Å². The van der Waals surface area contributed by atoms with Crippen LogP contribution in [-0.4, -0.2) is 11.2 Å². The van der Waals surface area contributed by atoms with Crippen molar-refractivity contribution in [3.05, 3.63) is 29.3 Å². The standard InChI is InChI=1S/C17H26N2S/c1-11-8-9-13(3)16(10-11)19-17(20)18-15-7-5-6-12(2)14(15)4/h8-10,12,14-15H,5-7H2,1-4H3,(H2,18,19,20)/t12-,14+,15-/m0/s1. The van der Waals surface area contributed by atoms with Crippen LogP contribution in [0.25, 0.3) is 0 Å². The molecule has 2 nitrogen and oxygen atoms in total. The Balaban J connectivity index is 1.97. The molecule has 1 aliphatic rings. The molecule has 0 aliphatic heterocycles. The highest BCUT2D eigenvalue weighted by atomic mass is 32.1. The minimum atomic E-state index is 0.504. The molecule has 1 fully saturated rings. The Kier molecular flexibility index (Phi) is 5.03. The summed E-state index contributed by atoms with van der Waals surface area (Å²) in [5.41, 5.74) is 3.59. The van der Waals surface area contributed by atoms with Crippen LogP contribution in [0.3, 0.4) is 0 Å². The van der Waals surface area contributed by atoms with E-state index >= 15 is 0 Å². The third-order valence-electron chi connectivity index (χ3n) is 4.66. The van der Waals surface area contributed by atoms with Crippen LogP contribution < -0.4 is 10.6 Å². The van der Waals surface area contributed by atoms with Crippen molar-refractivity contribution in [2.45, 2.75) is 53.0 Å². The third kappa shape index (κ3) is 3.72. The van der Waals surface area contributed by atoms with Gasteiger partial charge in [0.15, 0.2) is 5.11 Å². The SMILES string of the molecule is Cc1ccc(C)c(NC(=S)N[C@H]2CCC[C@H](C)[C@H]2C)c1. The van der Waals surface area contributed by atoms with Crippen LogP contribution in [-0.2, 0) is 0 Å². The van der Waals surface area contributed by atoms with Gasteiger partial charge in [-0.25, -0.2) is 0 Å². The summed E-state index contributed by atoms with van der Waals surface area (Å²) in [6, 6.07) is 6.91. The Labute approximate surface area is 128 Å². The largest absolute Gasteiger partial charge is 0.359 e. The normalized spacial score (nSPS) is 26.1. The number of rotatable bonds is 2. The maximum atomic E-state index is 5.49. The number of hydrogen-bond donors (Lipinski definition) is 2. The van der Waals surface area contributed by atoms with Crippen LogP contribution in [0, 0.1) is 25.7 Å². The predicted molar refractivity (Wildman–Crippen MR) is 91.2 cm³/mol. The molecule has 1 aromatic rings. The summed E-state index contributed by atoms with van der Waals surface area (Å²) >= 11 is 5.49. The maximum Gasteiger partial charge on any atom is 0.171 e. The fraction of sp³-hybridized carbons (Fsp3) is 0.588. The van der Waals surface area contributed by atoms with E-state index < -0.39 is 0 Å². The number of anilines is 1. The van der Waals surface area contributed by atoms with Gasteiger partial charge in [-0.05, 0) is 61.5 Å². The lowest BCUT2D eigenvalue weighted by Crippen LogP contribution is -2.45. The highest BCUT2D eigenvalue weighted by molar-refractivity contribution is 7.80. The fourth-order valence-electron chi connectivity index (χ4n) is 2.98. The van der Waals surface area contributed by atoms with Gasteiger partial charge >= 0.3 is 0 Å². The molecule has 2 N–H and O–H groups in total. The Bertz CT molecular complexity index is 484. The van der Waals surface area contributed by atoms with Crippen molar-refractivity contribution in [1.29, 1.82) is 0 Å². The smallest absolute Gasteiger partial charge is 0.171 e. The zero-order valence-electron chi connectivity index (χ0n) is 13.0. The molecule has 110 valence electrons. The first-order valence-electron chi connectivity index (χ1n) is 7.62. The zero-order valence-corrected chi connectivity index (χ0v) is 13.8. The van der Waals surface area contributed by atoms with Crippen molar-refractivity contribution in [3.8, 4) is 0 Å². The van der Waals surface area contributed by atoms with Gasteiger partial charge in [-0.1, -0.05) is 38.8 Å². The molecule has 3 heteroatoms. The molecule has 0 heterocycles. The van der Waals surface area contributed by atoms with E-state index in [-0.39, 0.29) is 0 Å². The number of thiocarbonyl (C=S) groups is 1. The molecule has 1 saturated carbocycles. The van der Waals surface area contributed by atoms with Crippen LogP contribution in [0.2, 0.25) is 0 Å². The molecule has 0 unspecified atom stereocenters. The summed E-state index contributed by atoms with van der Waals surface area (Å²) in [4.78, 5) is 0. The zero-order chi connectivity index (χ0) is 14.7. The Morgan fingerprint density at radius 3 is 2.70 bits per heavy atom. The van der Waals surface area contributed by atoms with Crippen molar-refractivity contribution in [2.24, 2.45) is 11.8 Å². The average molecular weight is 290 g/mol. The minimum Gasteiger partial charge on any atom is -0.359 e. The second kappa shape index (κ2) is 6.57. The topological polar surface area (TPSA) is 24.1 Å². The Morgan fingerprint density at radius 2 is 1.95 bits per heavy atom. The predicted octanol–water partition coefficient (Wildman–Crippen LogP) is 4.41. The second-order valence-corrected chi connectivity index (χ2v) is 6.70. The van der Waals surface area contributed by atoms with E-state index in [1.165, 1.54) is 30.4 Å². The molecule has 3 atom stereocenters. The van der Waals surface area contributed by atoms with Gasteiger partial charge in [0.1, 0.15) is 0 Å². The minimum absolute atomic E-state index is 0.504. The van der Waals surface area contributed by atoms with Gasteiger partial charge in [0, 0.05) is 11.7 Å². The van der Waals surface area contributed by atoms with Crippen molar-refractivity contribution < 1.29 is 0 Å². The van der Waals surface area contributed by atoms with Gasteiger partial charge in [-0.15, -0.1) is 0 Å². The molecular formula is C17H26N2S. The fourth-order valence-corrected chi connectivity index (χ4v) is 3.24. The van der Waals surface area contributed by atoms with E-state index in [0.717, 1.165) is 16.7 Å². The van der Waals surface area contributed by atoms with E-state index in [4.69, 9.17) is 12.2 Å². The lowest BCUT2D eigenvalue weighted by molar-refractivity contribution is 0.225. The van der Waals surface area contributed by atoms with Crippen molar-refractivity contribution in [2.75, 3.05) is 5.32 Å². The van der Waals surface area contributed by atoms with Crippen LogP contribution >= 0.6 is 12.2 Å². The monoisotopic (exact) mass is 290 g/mol. The van der Waals surface area contributed by atoms with Crippen molar-refractivity contribution in [3.63, 3.8) is 0 Å². The molecule has 0 spiro atoms. The first kappa shape index (κ1) is 15.3. The van der Waals surface area contributed by atoms with Crippen molar-refractivity contribution in [1.82, 2.24) is 5.32 Å². The lowest BCUT2D eigenvalue weighted by Gasteiger charge is -2.35. The molecule has 0 aromatic heterocycles. The highest BCUT2D eigenvalue weighted by Gasteiger charge is 2.27. The van der Waals surface area contributed by atoms with E-state index in [1.54, 1.807) is 0 Å². The molecule has 0 saturated heterocycles. The van der Waals surface area contributed by atoms with E-state index in [0.29, 0.717) is 12.0 Å². The van der Waals surface area contributed by atoms with Gasteiger partial charge < -0.3 is 10.6 Å². The molecule has 2 rings (SSSR count). The van der Waals surface area contributed by atoms with Gasteiger partial charge in [0.05, 0.1) is 0 Å². The number of hydrogen-bond acceptors (Lipinski definition) is 1. The van der Waals surface area contributed by atoms with Gasteiger partial charge in [0.2, 0.25) is 0 Å². The second-order valence-electron chi connectivity index (χ2n) is 6.29. The first-order chi connectivity index (χ1) is 9.47. The van der Waals surface area contributed by atoms with Gasteiger partial charge in [-0.2, -0.15) is 0 Å². The summed E-state index contributed by atoms with van der Waals surface area (Å²) in [5, 5.41) is 7.62. The maximum absolute atomic E-state index is 5.49. The highest BCUT2D eigenvalue weighted by Crippen LogP contribution is 2.29. The molecular weight excluding hydrogens is 264 g/mol. The number of benzene rings is 1. The summed E-state index contributed by atoms with van der Waals surface area (Å²) in [5.74, 6) is 1.46. The first-order valence-corrected chi connectivity index (χ1v) is 8.03. The van der Waals surface area contributed by atoms with E-state index in [1.807, 2.05) is 0 Å². The molecule has 0 amide bonds. The third-order valence-corrected chi connectivity index (χ3v) is 4.88. The quantitative estimate of drug-likeness (QED) is 0.789. The molecule has 0 radical (unpaired) electrons.